The van der Waals surface area contributed by atoms with Crippen LogP contribution in [0.5, 0.6) is 0 Å². The SMILES string of the molecule is CNCc1cnc(-c2ccc(C)c(C)c2)s1. The molecule has 0 aliphatic carbocycles. The van der Waals surface area contributed by atoms with E-state index < -0.39 is 0 Å². The van der Waals surface area contributed by atoms with Gasteiger partial charge in [-0.1, -0.05) is 12.1 Å². The van der Waals surface area contributed by atoms with Crippen LogP contribution in [-0.2, 0) is 6.54 Å². The van der Waals surface area contributed by atoms with Crippen LogP contribution >= 0.6 is 11.3 Å². The summed E-state index contributed by atoms with van der Waals surface area (Å²) in [5.74, 6) is 0. The summed E-state index contributed by atoms with van der Waals surface area (Å²) in [7, 11) is 1.95. The fraction of sp³-hybridized carbons (Fsp3) is 0.308. The van der Waals surface area contributed by atoms with Crippen molar-refractivity contribution >= 4 is 11.3 Å². The molecular formula is C13H16N2S. The molecule has 0 aliphatic heterocycles. The highest BCUT2D eigenvalue weighted by Gasteiger charge is 2.05. The molecule has 0 saturated heterocycles. The number of nitrogens with one attached hydrogen (secondary N) is 1. The Morgan fingerprint density at radius 3 is 2.75 bits per heavy atom. The lowest BCUT2D eigenvalue weighted by molar-refractivity contribution is 0.829. The van der Waals surface area contributed by atoms with Gasteiger partial charge in [0.1, 0.15) is 5.01 Å². The number of benzene rings is 1. The molecule has 1 N–H and O–H groups in total. The van der Waals surface area contributed by atoms with Gasteiger partial charge in [-0.05, 0) is 38.1 Å². The number of aromatic nitrogens is 1. The fourth-order valence-corrected chi connectivity index (χ4v) is 2.49. The Morgan fingerprint density at radius 1 is 1.25 bits per heavy atom. The van der Waals surface area contributed by atoms with Crippen molar-refractivity contribution in [3.05, 3.63) is 40.4 Å². The van der Waals surface area contributed by atoms with E-state index >= 15 is 0 Å². The third kappa shape index (κ3) is 2.31. The zero-order valence-corrected chi connectivity index (χ0v) is 10.7. The van der Waals surface area contributed by atoms with Gasteiger partial charge in [-0.3, -0.25) is 0 Å². The van der Waals surface area contributed by atoms with E-state index in [-0.39, 0.29) is 0 Å². The first-order valence-electron chi connectivity index (χ1n) is 5.37. The number of aryl methyl sites for hydroxylation is 2. The second-order valence-electron chi connectivity index (χ2n) is 3.96. The highest BCUT2D eigenvalue weighted by atomic mass is 32.1. The fourth-order valence-electron chi connectivity index (χ4n) is 1.57. The van der Waals surface area contributed by atoms with Gasteiger partial charge < -0.3 is 5.32 Å². The van der Waals surface area contributed by atoms with E-state index in [1.165, 1.54) is 21.6 Å². The lowest BCUT2D eigenvalue weighted by Gasteiger charge is -2.01. The maximum atomic E-state index is 4.45. The van der Waals surface area contributed by atoms with Gasteiger partial charge >= 0.3 is 0 Å². The summed E-state index contributed by atoms with van der Waals surface area (Å²) in [6.07, 6.45) is 1.95. The lowest BCUT2D eigenvalue weighted by Crippen LogP contribution is -2.02. The molecule has 3 heteroatoms. The van der Waals surface area contributed by atoms with Crippen molar-refractivity contribution in [2.24, 2.45) is 0 Å². The molecule has 0 fully saturated rings. The standard InChI is InChI=1S/C13H16N2S/c1-9-4-5-11(6-10(9)2)13-15-8-12(16-13)7-14-3/h4-6,8,14H,7H2,1-3H3. The summed E-state index contributed by atoms with van der Waals surface area (Å²) < 4.78 is 0. The minimum Gasteiger partial charge on any atom is -0.315 e. The van der Waals surface area contributed by atoms with Crippen LogP contribution in [0.25, 0.3) is 10.6 Å². The van der Waals surface area contributed by atoms with Crippen molar-refractivity contribution < 1.29 is 0 Å². The molecule has 0 saturated carbocycles. The predicted molar refractivity (Wildman–Crippen MR) is 69.8 cm³/mol. The largest absolute Gasteiger partial charge is 0.315 e. The minimum absolute atomic E-state index is 0.891. The first-order valence-corrected chi connectivity index (χ1v) is 6.19. The smallest absolute Gasteiger partial charge is 0.123 e. The van der Waals surface area contributed by atoms with Crippen LogP contribution in [-0.4, -0.2) is 12.0 Å². The van der Waals surface area contributed by atoms with Crippen molar-refractivity contribution in [1.29, 1.82) is 0 Å². The predicted octanol–water partition coefficient (Wildman–Crippen LogP) is 3.15. The summed E-state index contributed by atoms with van der Waals surface area (Å²) >= 11 is 1.75. The molecular weight excluding hydrogens is 216 g/mol. The van der Waals surface area contributed by atoms with Gasteiger partial charge in [0.15, 0.2) is 0 Å². The molecule has 84 valence electrons. The Hall–Kier alpha value is -1.19. The Morgan fingerprint density at radius 2 is 2.06 bits per heavy atom. The van der Waals surface area contributed by atoms with Gasteiger partial charge in [-0.2, -0.15) is 0 Å². The van der Waals surface area contributed by atoms with Gasteiger partial charge in [0.05, 0.1) is 0 Å². The van der Waals surface area contributed by atoms with Crippen LogP contribution in [0, 0.1) is 13.8 Å². The summed E-state index contributed by atoms with van der Waals surface area (Å²) in [4.78, 5) is 5.73. The van der Waals surface area contributed by atoms with E-state index in [1.54, 1.807) is 11.3 Å². The van der Waals surface area contributed by atoms with Gasteiger partial charge in [-0.15, -0.1) is 11.3 Å². The summed E-state index contributed by atoms with van der Waals surface area (Å²) in [6.45, 7) is 5.16. The third-order valence-electron chi connectivity index (χ3n) is 2.66. The maximum Gasteiger partial charge on any atom is 0.123 e. The molecule has 1 aromatic heterocycles. The Balaban J connectivity index is 2.31. The van der Waals surface area contributed by atoms with E-state index in [0.29, 0.717) is 0 Å². The van der Waals surface area contributed by atoms with Crippen LogP contribution in [0.4, 0.5) is 0 Å². The first-order chi connectivity index (χ1) is 7.70. The quantitative estimate of drug-likeness (QED) is 0.879. The molecule has 2 aromatic rings. The van der Waals surface area contributed by atoms with Crippen molar-refractivity contribution in [1.82, 2.24) is 10.3 Å². The van der Waals surface area contributed by atoms with Crippen LogP contribution in [0.2, 0.25) is 0 Å². The molecule has 16 heavy (non-hydrogen) atoms. The van der Waals surface area contributed by atoms with Gasteiger partial charge in [-0.25, -0.2) is 4.98 Å². The first kappa shape index (κ1) is 11.3. The summed E-state index contributed by atoms with van der Waals surface area (Å²) in [6, 6.07) is 6.51. The number of hydrogen-bond acceptors (Lipinski definition) is 3. The van der Waals surface area contributed by atoms with Crippen molar-refractivity contribution in [3.63, 3.8) is 0 Å². The Labute approximate surface area is 100 Å². The van der Waals surface area contributed by atoms with E-state index in [4.69, 9.17) is 0 Å². The molecule has 0 spiro atoms. The molecule has 0 aliphatic rings. The van der Waals surface area contributed by atoms with E-state index in [0.717, 1.165) is 11.6 Å². The molecule has 0 atom stereocenters. The van der Waals surface area contributed by atoms with Gasteiger partial charge in [0.2, 0.25) is 0 Å². The second kappa shape index (κ2) is 4.76. The van der Waals surface area contributed by atoms with E-state index in [9.17, 15) is 0 Å². The molecule has 0 amide bonds. The van der Waals surface area contributed by atoms with Gasteiger partial charge in [0.25, 0.3) is 0 Å². The van der Waals surface area contributed by atoms with Crippen molar-refractivity contribution in [2.45, 2.75) is 20.4 Å². The molecule has 2 nitrogen and oxygen atoms in total. The molecule has 2 rings (SSSR count). The van der Waals surface area contributed by atoms with Crippen molar-refractivity contribution in [3.8, 4) is 10.6 Å². The molecule has 1 aromatic carbocycles. The number of thiazole rings is 1. The zero-order chi connectivity index (χ0) is 11.5. The third-order valence-corrected chi connectivity index (χ3v) is 3.70. The zero-order valence-electron chi connectivity index (χ0n) is 9.87. The number of hydrogen-bond donors (Lipinski definition) is 1. The topological polar surface area (TPSA) is 24.9 Å². The highest BCUT2D eigenvalue weighted by molar-refractivity contribution is 7.15. The molecule has 1 heterocycles. The lowest BCUT2D eigenvalue weighted by atomic mass is 10.1. The summed E-state index contributed by atoms with van der Waals surface area (Å²) in [5.41, 5.74) is 3.87. The monoisotopic (exact) mass is 232 g/mol. The van der Waals surface area contributed by atoms with Crippen LogP contribution < -0.4 is 5.32 Å². The molecule has 0 unspecified atom stereocenters. The molecule has 0 radical (unpaired) electrons. The van der Waals surface area contributed by atoms with Crippen LogP contribution in [0.1, 0.15) is 16.0 Å². The van der Waals surface area contributed by atoms with Gasteiger partial charge in [0, 0.05) is 23.2 Å². The average Bonchev–Trinajstić information content (AvgIpc) is 2.71. The highest BCUT2D eigenvalue weighted by Crippen LogP contribution is 2.26. The van der Waals surface area contributed by atoms with Crippen LogP contribution in [0.3, 0.4) is 0 Å². The second-order valence-corrected chi connectivity index (χ2v) is 5.08. The maximum absolute atomic E-state index is 4.45. The van der Waals surface area contributed by atoms with E-state index in [2.05, 4.69) is 42.3 Å². The average molecular weight is 232 g/mol. The number of nitrogens with zero attached hydrogens (tertiary/aromatic N) is 1. The van der Waals surface area contributed by atoms with Crippen molar-refractivity contribution in [2.75, 3.05) is 7.05 Å². The Kier molecular flexibility index (Phi) is 3.36. The molecule has 0 bridgehead atoms. The Bertz CT molecular complexity index is 488. The normalized spacial score (nSPS) is 10.7. The summed E-state index contributed by atoms with van der Waals surface area (Å²) in [5, 5.41) is 4.24. The van der Waals surface area contributed by atoms with Crippen LogP contribution in [0.15, 0.2) is 24.4 Å². The minimum atomic E-state index is 0.891. The number of rotatable bonds is 3. The van der Waals surface area contributed by atoms with E-state index in [1.807, 2.05) is 13.2 Å².